The number of anilines is 1. The van der Waals surface area contributed by atoms with Gasteiger partial charge in [-0.05, 0) is 20.3 Å². The Labute approximate surface area is 110 Å². The van der Waals surface area contributed by atoms with E-state index in [1.54, 1.807) is 6.92 Å². The van der Waals surface area contributed by atoms with Gasteiger partial charge in [-0.25, -0.2) is 4.98 Å². The van der Waals surface area contributed by atoms with Crippen molar-refractivity contribution < 1.29 is 14.6 Å². The van der Waals surface area contributed by atoms with Crippen molar-refractivity contribution in [1.82, 2.24) is 9.97 Å². The number of nitrogen functional groups attached to an aromatic ring is 1. The van der Waals surface area contributed by atoms with Gasteiger partial charge < -0.3 is 20.6 Å². The Balaban J connectivity index is 3.27. The lowest BCUT2D eigenvalue weighted by Gasteiger charge is -2.27. The van der Waals surface area contributed by atoms with Gasteiger partial charge in [-0.3, -0.25) is 9.59 Å². The maximum atomic E-state index is 11.9. The minimum atomic E-state index is -1.13. The molecule has 4 N–H and O–H groups in total. The monoisotopic (exact) mass is 269 g/mol. The molecule has 0 aliphatic rings. The number of ether oxygens (including phenoxy) is 1. The van der Waals surface area contributed by atoms with Gasteiger partial charge in [0.25, 0.3) is 5.56 Å². The van der Waals surface area contributed by atoms with E-state index >= 15 is 0 Å². The number of rotatable bonds is 6. The zero-order valence-corrected chi connectivity index (χ0v) is 11.3. The highest BCUT2D eigenvalue weighted by Gasteiger charge is 2.29. The van der Waals surface area contributed by atoms with Crippen molar-refractivity contribution >= 4 is 11.8 Å². The number of carboxylic acid groups (broad SMARTS) is 1. The normalized spacial score (nSPS) is 14.1. The molecule has 19 heavy (non-hydrogen) atoms. The number of H-pyrrole nitrogens is 1. The van der Waals surface area contributed by atoms with Gasteiger partial charge in [0, 0.05) is 6.61 Å². The molecule has 7 nitrogen and oxygen atoms in total. The molecule has 0 saturated heterocycles. The van der Waals surface area contributed by atoms with Gasteiger partial charge in [0.15, 0.2) is 0 Å². The molecule has 106 valence electrons. The van der Waals surface area contributed by atoms with E-state index in [0.717, 1.165) is 0 Å². The fourth-order valence-electron chi connectivity index (χ4n) is 1.74. The SMILES string of the molecule is CCOC(C)(CC)c1nc(N)c(CC(=O)O)c(=O)[nH]1. The van der Waals surface area contributed by atoms with Crippen LogP contribution in [-0.4, -0.2) is 27.7 Å². The third-order valence-electron chi connectivity index (χ3n) is 3.01. The largest absolute Gasteiger partial charge is 0.481 e. The van der Waals surface area contributed by atoms with Gasteiger partial charge in [0.2, 0.25) is 0 Å². The lowest BCUT2D eigenvalue weighted by Crippen LogP contribution is -2.32. The van der Waals surface area contributed by atoms with Gasteiger partial charge >= 0.3 is 5.97 Å². The lowest BCUT2D eigenvalue weighted by molar-refractivity contribution is -0.136. The van der Waals surface area contributed by atoms with E-state index in [1.165, 1.54) is 0 Å². The quantitative estimate of drug-likeness (QED) is 0.697. The summed E-state index contributed by atoms with van der Waals surface area (Å²) in [7, 11) is 0. The highest BCUT2D eigenvalue weighted by molar-refractivity contribution is 5.71. The maximum Gasteiger partial charge on any atom is 0.308 e. The van der Waals surface area contributed by atoms with Gasteiger partial charge in [0.05, 0.1) is 12.0 Å². The number of aliphatic carboxylic acids is 1. The van der Waals surface area contributed by atoms with E-state index in [-0.39, 0.29) is 11.4 Å². The van der Waals surface area contributed by atoms with Gasteiger partial charge in [-0.15, -0.1) is 0 Å². The molecule has 0 amide bonds. The maximum absolute atomic E-state index is 11.9. The molecule has 0 aliphatic carbocycles. The number of nitrogens with two attached hydrogens (primary N) is 1. The molecule has 0 fully saturated rings. The Morgan fingerprint density at radius 1 is 1.53 bits per heavy atom. The molecule has 0 bridgehead atoms. The number of carboxylic acids is 1. The van der Waals surface area contributed by atoms with Gasteiger partial charge in [0.1, 0.15) is 17.2 Å². The molecule has 7 heteroatoms. The average Bonchev–Trinajstić information content (AvgIpc) is 2.33. The zero-order chi connectivity index (χ0) is 14.6. The van der Waals surface area contributed by atoms with E-state index in [4.69, 9.17) is 15.6 Å². The van der Waals surface area contributed by atoms with Crippen molar-refractivity contribution in [1.29, 1.82) is 0 Å². The minimum Gasteiger partial charge on any atom is -0.481 e. The number of aromatic amines is 1. The van der Waals surface area contributed by atoms with Crippen molar-refractivity contribution in [2.75, 3.05) is 12.3 Å². The summed E-state index contributed by atoms with van der Waals surface area (Å²) in [5.41, 5.74) is 4.35. The number of nitrogens with zero attached hydrogens (tertiary/aromatic N) is 1. The Bertz CT molecular complexity index is 526. The van der Waals surface area contributed by atoms with Crippen LogP contribution in [0.2, 0.25) is 0 Å². The Morgan fingerprint density at radius 3 is 2.58 bits per heavy atom. The molecule has 0 spiro atoms. The first-order valence-electron chi connectivity index (χ1n) is 6.09. The number of hydrogen-bond donors (Lipinski definition) is 3. The third kappa shape index (κ3) is 3.31. The highest BCUT2D eigenvalue weighted by atomic mass is 16.5. The summed E-state index contributed by atoms with van der Waals surface area (Å²) in [6, 6.07) is 0. The zero-order valence-electron chi connectivity index (χ0n) is 11.3. The molecule has 1 atom stereocenters. The fraction of sp³-hybridized carbons (Fsp3) is 0.583. The topological polar surface area (TPSA) is 118 Å². The fourth-order valence-corrected chi connectivity index (χ4v) is 1.74. The van der Waals surface area contributed by atoms with Crippen LogP contribution >= 0.6 is 0 Å². The van der Waals surface area contributed by atoms with Crippen LogP contribution in [0.25, 0.3) is 0 Å². The molecule has 0 aliphatic heterocycles. The first-order chi connectivity index (χ1) is 8.84. The second-order valence-corrected chi connectivity index (χ2v) is 4.37. The summed E-state index contributed by atoms with van der Waals surface area (Å²) in [5, 5.41) is 8.71. The van der Waals surface area contributed by atoms with Crippen LogP contribution in [0.15, 0.2) is 4.79 Å². The van der Waals surface area contributed by atoms with Crippen LogP contribution in [-0.2, 0) is 21.6 Å². The first-order valence-corrected chi connectivity index (χ1v) is 6.09. The third-order valence-corrected chi connectivity index (χ3v) is 3.01. The predicted octanol–water partition coefficient (Wildman–Crippen LogP) is 0.641. The summed E-state index contributed by atoms with van der Waals surface area (Å²) in [5.74, 6) is -0.885. The summed E-state index contributed by atoms with van der Waals surface area (Å²) in [6.07, 6.45) is 0.146. The molecule has 0 saturated carbocycles. The second kappa shape index (κ2) is 5.83. The molecule has 1 heterocycles. The van der Waals surface area contributed by atoms with E-state index in [2.05, 4.69) is 9.97 Å². The Hall–Kier alpha value is -1.89. The average molecular weight is 269 g/mol. The van der Waals surface area contributed by atoms with Crippen molar-refractivity contribution in [2.24, 2.45) is 0 Å². The summed E-state index contributed by atoms with van der Waals surface area (Å²) in [6.45, 7) is 6.00. The van der Waals surface area contributed by atoms with Crippen molar-refractivity contribution in [2.45, 2.75) is 39.2 Å². The van der Waals surface area contributed by atoms with Crippen LogP contribution in [0.5, 0.6) is 0 Å². The van der Waals surface area contributed by atoms with Crippen LogP contribution in [0.1, 0.15) is 38.6 Å². The lowest BCUT2D eigenvalue weighted by atomic mass is 10.0. The van der Waals surface area contributed by atoms with E-state index < -0.39 is 23.6 Å². The summed E-state index contributed by atoms with van der Waals surface area (Å²) >= 11 is 0. The highest BCUT2D eigenvalue weighted by Crippen LogP contribution is 2.26. The molecule has 1 aromatic rings. The predicted molar refractivity (Wildman–Crippen MR) is 69.9 cm³/mol. The molecule has 0 radical (unpaired) electrons. The molecular weight excluding hydrogens is 250 g/mol. The smallest absolute Gasteiger partial charge is 0.308 e. The van der Waals surface area contributed by atoms with Crippen LogP contribution in [0.3, 0.4) is 0 Å². The molecular formula is C12H19N3O4. The van der Waals surface area contributed by atoms with Gasteiger partial charge in [-0.1, -0.05) is 6.92 Å². The minimum absolute atomic E-state index is 0.0359. The molecule has 1 aromatic heterocycles. The Kier molecular flexibility index (Phi) is 4.66. The Morgan fingerprint density at radius 2 is 2.16 bits per heavy atom. The summed E-state index contributed by atoms with van der Waals surface area (Å²) in [4.78, 5) is 29.2. The van der Waals surface area contributed by atoms with E-state index in [9.17, 15) is 9.59 Å². The van der Waals surface area contributed by atoms with E-state index in [1.807, 2.05) is 13.8 Å². The number of carbonyl (C=O) groups is 1. The molecule has 0 aromatic carbocycles. The molecule has 1 unspecified atom stereocenters. The number of hydrogen-bond acceptors (Lipinski definition) is 5. The summed E-state index contributed by atoms with van der Waals surface area (Å²) < 4.78 is 5.59. The number of aromatic nitrogens is 2. The van der Waals surface area contributed by atoms with Crippen LogP contribution in [0.4, 0.5) is 5.82 Å². The van der Waals surface area contributed by atoms with Crippen molar-refractivity contribution in [3.8, 4) is 0 Å². The van der Waals surface area contributed by atoms with Crippen LogP contribution in [0, 0.1) is 0 Å². The van der Waals surface area contributed by atoms with Gasteiger partial charge in [-0.2, -0.15) is 0 Å². The second-order valence-electron chi connectivity index (χ2n) is 4.37. The van der Waals surface area contributed by atoms with Crippen LogP contribution < -0.4 is 11.3 Å². The molecule has 1 rings (SSSR count). The van der Waals surface area contributed by atoms with Crippen molar-refractivity contribution in [3.63, 3.8) is 0 Å². The number of nitrogens with one attached hydrogen (secondary N) is 1. The van der Waals surface area contributed by atoms with Crippen molar-refractivity contribution in [3.05, 3.63) is 21.7 Å². The van der Waals surface area contributed by atoms with E-state index in [0.29, 0.717) is 18.9 Å². The standard InChI is InChI=1S/C12H19N3O4/c1-4-12(3,19-5-2)11-14-9(13)7(6-8(16)17)10(18)15-11/h4-6H2,1-3H3,(H,16,17)(H3,13,14,15,18). The first kappa shape index (κ1) is 15.2.